The third-order valence-electron chi connectivity index (χ3n) is 4.41. The molecular weight excluding hydrogens is 310 g/mol. The van der Waals surface area contributed by atoms with E-state index < -0.39 is 0 Å². The zero-order valence-corrected chi connectivity index (χ0v) is 15.8. The molecule has 1 fully saturated rings. The Morgan fingerprint density at radius 3 is 2.28 bits per heavy atom. The highest BCUT2D eigenvalue weighted by Crippen LogP contribution is 2.25. The van der Waals surface area contributed by atoms with Gasteiger partial charge in [0, 0.05) is 43.3 Å². The number of rotatable bonds is 4. The number of hydrogen-bond acceptors (Lipinski definition) is 5. The maximum atomic E-state index is 4.80. The number of hydrogen-bond donors (Lipinski definition) is 1. The van der Waals surface area contributed by atoms with Gasteiger partial charge in [-0.15, -0.1) is 0 Å². The van der Waals surface area contributed by atoms with Gasteiger partial charge in [0.2, 0.25) is 5.95 Å². The van der Waals surface area contributed by atoms with E-state index in [2.05, 4.69) is 61.0 Å². The van der Waals surface area contributed by atoms with Gasteiger partial charge in [0.25, 0.3) is 0 Å². The van der Waals surface area contributed by atoms with Crippen LogP contribution in [0.1, 0.15) is 27.7 Å². The maximum Gasteiger partial charge on any atom is 0.225 e. The molecule has 1 N–H and O–H groups in total. The number of nitrogens with one attached hydrogen (secondary N) is 1. The van der Waals surface area contributed by atoms with Crippen molar-refractivity contribution in [3.05, 3.63) is 36.4 Å². The number of anilines is 2. The lowest BCUT2D eigenvalue weighted by Crippen LogP contribution is -2.46. The molecular formula is C20H29N5. The fraction of sp³-hybridized carbons (Fsp3) is 0.500. The number of piperazine rings is 1. The molecule has 1 aromatic carbocycles. The Hall–Kier alpha value is -2.14. The molecule has 2 aromatic rings. The zero-order chi connectivity index (χ0) is 17.9. The molecule has 2 heterocycles. The van der Waals surface area contributed by atoms with Crippen LogP contribution in [0, 0.1) is 0 Å². The molecule has 0 saturated carbocycles. The minimum atomic E-state index is -0.0759. The van der Waals surface area contributed by atoms with Crippen molar-refractivity contribution in [3.8, 4) is 11.3 Å². The molecule has 1 aliphatic rings. The predicted octanol–water partition coefficient (Wildman–Crippen LogP) is 3.50. The van der Waals surface area contributed by atoms with Crippen molar-refractivity contribution in [2.45, 2.75) is 33.2 Å². The van der Waals surface area contributed by atoms with Crippen molar-refractivity contribution in [2.75, 3.05) is 42.9 Å². The molecule has 1 aromatic heterocycles. The van der Waals surface area contributed by atoms with Crippen LogP contribution in [0.3, 0.4) is 0 Å². The maximum absolute atomic E-state index is 4.80. The van der Waals surface area contributed by atoms with Crippen LogP contribution in [0.4, 0.5) is 11.8 Å². The van der Waals surface area contributed by atoms with Crippen LogP contribution in [-0.4, -0.2) is 53.1 Å². The van der Waals surface area contributed by atoms with Crippen LogP contribution in [-0.2, 0) is 0 Å². The molecule has 1 saturated heterocycles. The van der Waals surface area contributed by atoms with E-state index in [1.165, 1.54) is 0 Å². The molecule has 0 radical (unpaired) electrons. The van der Waals surface area contributed by atoms with Gasteiger partial charge in [0.1, 0.15) is 5.82 Å². The van der Waals surface area contributed by atoms with Gasteiger partial charge < -0.3 is 15.1 Å². The average molecular weight is 339 g/mol. The monoisotopic (exact) mass is 339 g/mol. The fourth-order valence-corrected chi connectivity index (χ4v) is 3.04. The standard InChI is InChI=1S/C20H29N5/c1-5-24-11-13-25(14-12-24)18-15-17(16-9-7-6-8-10-16)21-19(22-18)23-20(2,3)4/h6-10,15H,5,11-14H2,1-4H3,(H,21,22,23). The molecule has 3 rings (SSSR count). The van der Waals surface area contributed by atoms with E-state index in [9.17, 15) is 0 Å². The van der Waals surface area contributed by atoms with Crippen molar-refractivity contribution >= 4 is 11.8 Å². The van der Waals surface area contributed by atoms with Gasteiger partial charge >= 0.3 is 0 Å². The van der Waals surface area contributed by atoms with E-state index in [0.717, 1.165) is 49.8 Å². The van der Waals surface area contributed by atoms with Crippen LogP contribution in [0.5, 0.6) is 0 Å². The fourth-order valence-electron chi connectivity index (χ4n) is 3.04. The summed E-state index contributed by atoms with van der Waals surface area (Å²) in [6.07, 6.45) is 0. The first-order valence-corrected chi connectivity index (χ1v) is 9.14. The molecule has 0 bridgehead atoms. The zero-order valence-electron chi connectivity index (χ0n) is 15.8. The summed E-state index contributed by atoms with van der Waals surface area (Å²) < 4.78 is 0. The highest BCUT2D eigenvalue weighted by Gasteiger charge is 2.20. The van der Waals surface area contributed by atoms with Gasteiger partial charge in [-0.3, -0.25) is 0 Å². The highest BCUT2D eigenvalue weighted by atomic mass is 15.3. The normalized spacial score (nSPS) is 16.1. The predicted molar refractivity (Wildman–Crippen MR) is 105 cm³/mol. The van der Waals surface area contributed by atoms with E-state index in [-0.39, 0.29) is 5.54 Å². The van der Waals surface area contributed by atoms with Gasteiger partial charge in [-0.25, -0.2) is 4.98 Å². The lowest BCUT2D eigenvalue weighted by Gasteiger charge is -2.35. The number of benzene rings is 1. The Labute approximate surface area is 151 Å². The van der Waals surface area contributed by atoms with E-state index in [4.69, 9.17) is 9.97 Å². The molecule has 0 aliphatic carbocycles. The molecule has 5 nitrogen and oxygen atoms in total. The Bertz CT molecular complexity index is 685. The minimum absolute atomic E-state index is 0.0759. The Balaban J connectivity index is 1.92. The van der Waals surface area contributed by atoms with Gasteiger partial charge in [-0.2, -0.15) is 4.98 Å². The molecule has 1 aliphatic heterocycles. The molecule has 0 atom stereocenters. The van der Waals surface area contributed by atoms with Crippen LogP contribution in [0.25, 0.3) is 11.3 Å². The van der Waals surface area contributed by atoms with Crippen LogP contribution in [0.15, 0.2) is 36.4 Å². The van der Waals surface area contributed by atoms with Crippen molar-refractivity contribution in [1.82, 2.24) is 14.9 Å². The van der Waals surface area contributed by atoms with Gasteiger partial charge in [0.05, 0.1) is 5.69 Å². The number of nitrogens with zero attached hydrogens (tertiary/aromatic N) is 4. The van der Waals surface area contributed by atoms with Crippen LogP contribution < -0.4 is 10.2 Å². The molecule has 25 heavy (non-hydrogen) atoms. The summed E-state index contributed by atoms with van der Waals surface area (Å²) in [6, 6.07) is 12.4. The molecule has 134 valence electrons. The van der Waals surface area contributed by atoms with Crippen molar-refractivity contribution in [2.24, 2.45) is 0 Å². The number of likely N-dealkylation sites (N-methyl/N-ethyl adjacent to an activating group) is 1. The van der Waals surface area contributed by atoms with Crippen LogP contribution in [0.2, 0.25) is 0 Å². The summed E-state index contributed by atoms with van der Waals surface area (Å²) in [7, 11) is 0. The highest BCUT2D eigenvalue weighted by molar-refractivity contribution is 5.65. The first-order valence-electron chi connectivity index (χ1n) is 9.14. The third-order valence-corrected chi connectivity index (χ3v) is 4.41. The van der Waals surface area contributed by atoms with E-state index in [1.54, 1.807) is 0 Å². The average Bonchev–Trinajstić information content (AvgIpc) is 2.61. The lowest BCUT2D eigenvalue weighted by atomic mass is 10.1. The first kappa shape index (κ1) is 17.7. The second-order valence-electron chi connectivity index (χ2n) is 7.60. The van der Waals surface area contributed by atoms with Gasteiger partial charge in [-0.1, -0.05) is 37.3 Å². The quantitative estimate of drug-likeness (QED) is 0.924. The van der Waals surface area contributed by atoms with Crippen molar-refractivity contribution < 1.29 is 0 Å². The summed E-state index contributed by atoms with van der Waals surface area (Å²) in [5, 5.41) is 3.43. The van der Waals surface area contributed by atoms with Gasteiger partial charge in [0.15, 0.2) is 0 Å². The Morgan fingerprint density at radius 1 is 1.00 bits per heavy atom. The summed E-state index contributed by atoms with van der Waals surface area (Å²) in [5.41, 5.74) is 2.01. The van der Waals surface area contributed by atoms with Crippen molar-refractivity contribution in [1.29, 1.82) is 0 Å². The van der Waals surface area contributed by atoms with E-state index >= 15 is 0 Å². The minimum Gasteiger partial charge on any atom is -0.354 e. The van der Waals surface area contributed by atoms with Gasteiger partial charge in [-0.05, 0) is 27.3 Å². The SMILES string of the molecule is CCN1CCN(c2cc(-c3ccccc3)nc(NC(C)(C)C)n2)CC1. The second-order valence-corrected chi connectivity index (χ2v) is 7.60. The summed E-state index contributed by atoms with van der Waals surface area (Å²) in [4.78, 5) is 14.4. The molecule has 5 heteroatoms. The summed E-state index contributed by atoms with van der Waals surface area (Å²) in [6.45, 7) is 13.9. The number of aromatic nitrogens is 2. The largest absolute Gasteiger partial charge is 0.354 e. The second kappa shape index (κ2) is 7.40. The summed E-state index contributed by atoms with van der Waals surface area (Å²) in [5.74, 6) is 1.71. The topological polar surface area (TPSA) is 44.3 Å². The Morgan fingerprint density at radius 2 is 1.68 bits per heavy atom. The Kier molecular flexibility index (Phi) is 5.23. The lowest BCUT2D eigenvalue weighted by molar-refractivity contribution is 0.270. The summed E-state index contributed by atoms with van der Waals surface area (Å²) >= 11 is 0. The molecule has 0 spiro atoms. The molecule has 0 amide bonds. The van der Waals surface area contributed by atoms with E-state index in [0.29, 0.717) is 5.95 Å². The molecule has 0 unspecified atom stereocenters. The first-order chi connectivity index (χ1) is 11.9. The smallest absolute Gasteiger partial charge is 0.225 e. The van der Waals surface area contributed by atoms with E-state index in [1.807, 2.05) is 18.2 Å². The van der Waals surface area contributed by atoms with Crippen LogP contribution >= 0.6 is 0 Å². The van der Waals surface area contributed by atoms with Crippen molar-refractivity contribution in [3.63, 3.8) is 0 Å². The third kappa shape index (κ3) is 4.69.